The summed E-state index contributed by atoms with van der Waals surface area (Å²) in [6, 6.07) is 7.82. The van der Waals surface area contributed by atoms with E-state index < -0.39 is 10.0 Å². The predicted octanol–water partition coefficient (Wildman–Crippen LogP) is 1.44. The number of carbonyl (C=O) groups excluding carboxylic acids is 1. The minimum atomic E-state index is -3.27. The fraction of sp³-hybridized carbons (Fsp3) is 0.611. The van der Waals surface area contributed by atoms with Crippen molar-refractivity contribution < 1.29 is 13.2 Å². The van der Waals surface area contributed by atoms with Crippen molar-refractivity contribution in [2.24, 2.45) is 0 Å². The van der Waals surface area contributed by atoms with Crippen LogP contribution in [0.3, 0.4) is 0 Å². The molecule has 1 saturated heterocycles. The molecule has 7 nitrogen and oxygen atoms in total. The van der Waals surface area contributed by atoms with Gasteiger partial charge in [-0.15, -0.1) is 0 Å². The standard InChI is InChI=1S/C18H30N4O3S/c1-4-10-22(26(3,24)25)11-9-18(23)19-16-5-7-17(8-6-16)21-14-12-20(2)13-15-21/h5-8H,4,9-15H2,1-3H3,(H,19,23). The highest BCUT2D eigenvalue weighted by atomic mass is 32.2. The zero-order valence-electron chi connectivity index (χ0n) is 15.9. The number of likely N-dealkylation sites (N-methyl/N-ethyl adjacent to an activating group) is 1. The van der Waals surface area contributed by atoms with E-state index in [4.69, 9.17) is 0 Å². The van der Waals surface area contributed by atoms with Gasteiger partial charge in [0.25, 0.3) is 0 Å². The molecule has 1 aliphatic heterocycles. The number of benzene rings is 1. The van der Waals surface area contributed by atoms with Crippen LogP contribution in [0.2, 0.25) is 0 Å². The minimum Gasteiger partial charge on any atom is -0.369 e. The van der Waals surface area contributed by atoms with Crippen molar-refractivity contribution in [1.82, 2.24) is 9.21 Å². The van der Waals surface area contributed by atoms with Crippen LogP contribution in [-0.2, 0) is 14.8 Å². The Labute approximate surface area is 157 Å². The lowest BCUT2D eigenvalue weighted by Crippen LogP contribution is -2.44. The van der Waals surface area contributed by atoms with Crippen molar-refractivity contribution in [1.29, 1.82) is 0 Å². The molecular formula is C18H30N4O3S. The summed E-state index contributed by atoms with van der Waals surface area (Å²) in [4.78, 5) is 16.8. The van der Waals surface area contributed by atoms with E-state index in [1.54, 1.807) is 0 Å². The summed E-state index contributed by atoms with van der Waals surface area (Å²) in [5.41, 5.74) is 1.89. The number of amides is 1. The van der Waals surface area contributed by atoms with Gasteiger partial charge >= 0.3 is 0 Å². The van der Waals surface area contributed by atoms with Crippen LogP contribution in [0.4, 0.5) is 11.4 Å². The third kappa shape index (κ3) is 6.26. The number of piperazine rings is 1. The van der Waals surface area contributed by atoms with Gasteiger partial charge in [-0.1, -0.05) is 6.92 Å². The average Bonchev–Trinajstić information content (AvgIpc) is 2.59. The first kappa shape index (κ1) is 20.7. The summed E-state index contributed by atoms with van der Waals surface area (Å²) in [7, 11) is -1.15. The molecule has 1 amide bonds. The topological polar surface area (TPSA) is 73.0 Å². The van der Waals surface area contributed by atoms with Gasteiger partial charge in [0.2, 0.25) is 15.9 Å². The van der Waals surface area contributed by atoms with Crippen LogP contribution in [0, 0.1) is 0 Å². The second-order valence-electron chi connectivity index (χ2n) is 6.80. The lowest BCUT2D eigenvalue weighted by atomic mass is 10.2. The van der Waals surface area contributed by atoms with Gasteiger partial charge < -0.3 is 15.1 Å². The number of nitrogens with zero attached hydrogens (tertiary/aromatic N) is 3. The van der Waals surface area contributed by atoms with Crippen molar-refractivity contribution in [2.75, 3.05) is 62.8 Å². The number of hydrogen-bond acceptors (Lipinski definition) is 5. The van der Waals surface area contributed by atoms with Crippen LogP contribution in [0.15, 0.2) is 24.3 Å². The highest BCUT2D eigenvalue weighted by Crippen LogP contribution is 2.19. The van der Waals surface area contributed by atoms with E-state index in [0.717, 1.165) is 44.0 Å². The zero-order chi connectivity index (χ0) is 19.2. The van der Waals surface area contributed by atoms with Crippen LogP contribution < -0.4 is 10.2 Å². The Morgan fingerprint density at radius 3 is 2.27 bits per heavy atom. The van der Waals surface area contributed by atoms with Crippen LogP contribution in [-0.4, -0.2) is 76.1 Å². The first-order valence-corrected chi connectivity index (χ1v) is 10.9. The Morgan fingerprint density at radius 2 is 1.73 bits per heavy atom. The maximum absolute atomic E-state index is 12.1. The molecule has 1 heterocycles. The van der Waals surface area contributed by atoms with Crippen molar-refractivity contribution >= 4 is 27.3 Å². The summed E-state index contributed by atoms with van der Waals surface area (Å²) in [5.74, 6) is -0.179. The smallest absolute Gasteiger partial charge is 0.225 e. The third-order valence-electron chi connectivity index (χ3n) is 4.55. The quantitative estimate of drug-likeness (QED) is 0.737. The zero-order valence-corrected chi connectivity index (χ0v) is 16.8. The van der Waals surface area contributed by atoms with Crippen molar-refractivity contribution in [3.05, 3.63) is 24.3 Å². The molecule has 1 aromatic rings. The molecule has 0 aromatic heterocycles. The van der Waals surface area contributed by atoms with Crippen LogP contribution in [0.1, 0.15) is 19.8 Å². The van der Waals surface area contributed by atoms with E-state index in [2.05, 4.69) is 22.2 Å². The molecule has 1 fully saturated rings. The maximum atomic E-state index is 12.1. The molecule has 0 saturated carbocycles. The monoisotopic (exact) mass is 382 g/mol. The molecule has 0 aliphatic carbocycles. The van der Waals surface area contributed by atoms with Crippen LogP contribution in [0.5, 0.6) is 0 Å². The molecule has 8 heteroatoms. The summed E-state index contributed by atoms with van der Waals surface area (Å²) < 4.78 is 24.7. The lowest BCUT2D eigenvalue weighted by molar-refractivity contribution is -0.116. The van der Waals surface area contributed by atoms with E-state index in [0.29, 0.717) is 6.54 Å². The molecule has 0 radical (unpaired) electrons. The minimum absolute atomic E-state index is 0.146. The molecule has 0 atom stereocenters. The van der Waals surface area contributed by atoms with E-state index >= 15 is 0 Å². The first-order valence-electron chi connectivity index (χ1n) is 9.08. The van der Waals surface area contributed by atoms with Gasteiger partial charge in [-0.3, -0.25) is 4.79 Å². The number of anilines is 2. The Balaban J connectivity index is 1.85. The number of hydrogen-bond donors (Lipinski definition) is 1. The van der Waals surface area contributed by atoms with E-state index in [1.807, 2.05) is 31.2 Å². The van der Waals surface area contributed by atoms with Crippen molar-refractivity contribution in [2.45, 2.75) is 19.8 Å². The van der Waals surface area contributed by atoms with E-state index in [-0.39, 0.29) is 18.9 Å². The highest BCUT2D eigenvalue weighted by Gasteiger charge is 2.17. The summed E-state index contributed by atoms with van der Waals surface area (Å²) >= 11 is 0. The SMILES string of the molecule is CCCN(CCC(=O)Nc1ccc(N2CCN(C)CC2)cc1)S(C)(=O)=O. The Hall–Kier alpha value is -1.64. The molecule has 26 heavy (non-hydrogen) atoms. The van der Waals surface area contributed by atoms with Crippen LogP contribution in [0.25, 0.3) is 0 Å². The molecule has 0 unspecified atom stereocenters. The van der Waals surface area contributed by atoms with Crippen molar-refractivity contribution in [3.8, 4) is 0 Å². The number of carbonyl (C=O) groups is 1. The third-order valence-corrected chi connectivity index (χ3v) is 5.85. The number of rotatable bonds is 8. The largest absolute Gasteiger partial charge is 0.369 e. The van der Waals surface area contributed by atoms with Gasteiger partial charge in [-0.2, -0.15) is 0 Å². The second-order valence-corrected chi connectivity index (χ2v) is 8.78. The van der Waals surface area contributed by atoms with Gasteiger partial charge in [0.15, 0.2) is 0 Å². The second kappa shape index (κ2) is 9.34. The average molecular weight is 383 g/mol. The Morgan fingerprint density at radius 1 is 1.12 bits per heavy atom. The number of sulfonamides is 1. The van der Waals surface area contributed by atoms with Gasteiger partial charge in [-0.05, 0) is 37.7 Å². The molecule has 1 aliphatic rings. The van der Waals surface area contributed by atoms with Gasteiger partial charge in [-0.25, -0.2) is 12.7 Å². The van der Waals surface area contributed by atoms with Gasteiger partial charge in [0.05, 0.1) is 6.26 Å². The molecule has 146 valence electrons. The Bertz CT molecular complexity index is 683. The molecule has 0 bridgehead atoms. The van der Waals surface area contributed by atoms with E-state index in [1.165, 1.54) is 10.6 Å². The fourth-order valence-corrected chi connectivity index (χ4v) is 3.90. The molecular weight excluding hydrogens is 352 g/mol. The molecule has 1 N–H and O–H groups in total. The number of nitrogens with one attached hydrogen (secondary N) is 1. The molecule has 1 aromatic carbocycles. The predicted molar refractivity (Wildman–Crippen MR) is 106 cm³/mol. The fourth-order valence-electron chi connectivity index (χ4n) is 2.96. The van der Waals surface area contributed by atoms with Gasteiger partial charge in [0, 0.05) is 57.1 Å². The summed E-state index contributed by atoms with van der Waals surface area (Å²) in [5, 5.41) is 2.84. The maximum Gasteiger partial charge on any atom is 0.225 e. The molecule has 2 rings (SSSR count). The van der Waals surface area contributed by atoms with E-state index in [9.17, 15) is 13.2 Å². The van der Waals surface area contributed by atoms with Crippen molar-refractivity contribution in [3.63, 3.8) is 0 Å². The first-order chi connectivity index (χ1) is 12.3. The Kier molecular flexibility index (Phi) is 7.43. The normalized spacial score (nSPS) is 16.1. The van der Waals surface area contributed by atoms with Crippen LogP contribution >= 0.6 is 0 Å². The molecule has 0 spiro atoms. The lowest BCUT2D eigenvalue weighted by Gasteiger charge is -2.34. The highest BCUT2D eigenvalue weighted by molar-refractivity contribution is 7.88. The van der Waals surface area contributed by atoms with Gasteiger partial charge in [0.1, 0.15) is 0 Å². The summed E-state index contributed by atoms with van der Waals surface area (Å²) in [6.45, 7) is 6.66. The summed E-state index contributed by atoms with van der Waals surface area (Å²) in [6.07, 6.45) is 2.05.